The van der Waals surface area contributed by atoms with E-state index in [1.54, 1.807) is 6.07 Å². The lowest BCUT2D eigenvalue weighted by atomic mass is 9.92. The molecule has 0 fully saturated rings. The van der Waals surface area contributed by atoms with Crippen LogP contribution in [-0.2, 0) is 35.6 Å². The molecular weight excluding hydrogens is 621 g/mol. The van der Waals surface area contributed by atoms with E-state index in [2.05, 4.69) is 45.0 Å². The number of esters is 1. The van der Waals surface area contributed by atoms with Crippen LogP contribution in [-0.4, -0.2) is 46.4 Å². The van der Waals surface area contributed by atoms with Crippen molar-refractivity contribution in [3.8, 4) is 0 Å². The smallest absolute Gasteiger partial charge is 0.432 e. The quantitative estimate of drug-likeness (QED) is 0.103. The molecule has 4 aromatic rings. The summed E-state index contributed by atoms with van der Waals surface area (Å²) in [6, 6.07) is 36.5. The first-order chi connectivity index (χ1) is 22.3. The van der Waals surface area contributed by atoms with Crippen LogP contribution in [0.5, 0.6) is 0 Å². The van der Waals surface area contributed by atoms with Gasteiger partial charge in [-0.15, -0.1) is 0 Å². The molecule has 0 heterocycles. The minimum Gasteiger partial charge on any atom is -0.460 e. The lowest BCUT2D eigenvalue weighted by Gasteiger charge is -2.45. The summed E-state index contributed by atoms with van der Waals surface area (Å²) in [7, 11) is -2.10. The maximum absolute atomic E-state index is 14.6. The molecule has 0 aliphatic rings. The fourth-order valence-electron chi connectivity index (χ4n) is 6.04. The number of methoxy groups -OCH3 is 1. The van der Waals surface area contributed by atoms with Gasteiger partial charge in [-0.1, -0.05) is 142 Å². The third-order valence-electron chi connectivity index (χ3n) is 8.29. The molecule has 0 spiro atoms. The fraction of sp³-hybridized carbons (Fsp3) is 0.342. The Morgan fingerprint density at radius 2 is 1.21 bits per heavy atom. The van der Waals surface area contributed by atoms with Crippen molar-refractivity contribution in [2.45, 2.75) is 69.7 Å². The van der Waals surface area contributed by atoms with Crippen molar-refractivity contribution < 1.29 is 36.6 Å². The molecular formula is C38H43F3O5Si. The largest absolute Gasteiger partial charge is 0.460 e. The van der Waals surface area contributed by atoms with Gasteiger partial charge in [-0.05, 0) is 27.9 Å². The van der Waals surface area contributed by atoms with E-state index >= 15 is 0 Å². The average Bonchev–Trinajstić information content (AvgIpc) is 3.06. The van der Waals surface area contributed by atoms with E-state index in [4.69, 9.17) is 18.6 Å². The number of hydrogen-bond donors (Lipinski definition) is 0. The molecule has 250 valence electrons. The highest BCUT2D eigenvalue weighted by atomic mass is 28.4. The first kappa shape index (κ1) is 36.1. The monoisotopic (exact) mass is 664 g/mol. The zero-order valence-corrected chi connectivity index (χ0v) is 28.5. The van der Waals surface area contributed by atoms with E-state index in [-0.39, 0.29) is 23.6 Å². The first-order valence-corrected chi connectivity index (χ1v) is 17.5. The van der Waals surface area contributed by atoms with Crippen LogP contribution in [0.4, 0.5) is 13.2 Å². The van der Waals surface area contributed by atoms with Crippen LogP contribution in [0.2, 0.25) is 5.04 Å². The maximum Gasteiger partial charge on any atom is 0.432 e. The van der Waals surface area contributed by atoms with Gasteiger partial charge < -0.3 is 18.6 Å². The lowest BCUT2D eigenvalue weighted by molar-refractivity contribution is -0.277. The van der Waals surface area contributed by atoms with Crippen molar-refractivity contribution in [1.29, 1.82) is 0 Å². The van der Waals surface area contributed by atoms with Crippen molar-refractivity contribution in [2.24, 2.45) is 0 Å². The SMILES string of the molecule is CO[C@@](C(=O)OC[C@H](C[C@H](C)O[Si](c1ccccc1)(c1ccccc1)C(C)(C)C)OCc1ccccc1)(c1ccccc1)C(F)(F)F. The highest BCUT2D eigenvalue weighted by molar-refractivity contribution is 6.99. The standard InChI is InChI=1S/C38H43F3O5Si/c1-29(46-47(36(2,3)4,33-22-14-8-15-23-33)34-24-16-9-17-25-34)26-32(44-27-30-18-10-6-11-19-30)28-45-35(42)37(43-5,38(39,40)41)31-20-12-7-13-21-31/h6-25,29,32H,26-28H2,1-5H3/t29-,32-,37+/m0/s1. The number of benzene rings is 4. The maximum atomic E-state index is 14.6. The Hall–Kier alpha value is -3.76. The fourth-order valence-corrected chi connectivity index (χ4v) is 10.8. The number of hydrogen-bond acceptors (Lipinski definition) is 5. The number of rotatable bonds is 14. The first-order valence-electron chi connectivity index (χ1n) is 15.6. The predicted molar refractivity (Wildman–Crippen MR) is 180 cm³/mol. The highest BCUT2D eigenvalue weighted by Crippen LogP contribution is 2.43. The third kappa shape index (κ3) is 8.04. The van der Waals surface area contributed by atoms with Crippen LogP contribution in [0.3, 0.4) is 0 Å². The Bertz CT molecular complexity index is 1490. The average molecular weight is 665 g/mol. The molecule has 0 aliphatic carbocycles. The molecule has 0 N–H and O–H groups in total. The summed E-state index contributed by atoms with van der Waals surface area (Å²) < 4.78 is 67.5. The van der Waals surface area contributed by atoms with Crippen LogP contribution in [0.1, 0.15) is 45.2 Å². The normalized spacial score (nSPS) is 15.0. The zero-order chi connectivity index (χ0) is 34.1. The summed E-state index contributed by atoms with van der Waals surface area (Å²) in [4.78, 5) is 13.4. The summed E-state index contributed by atoms with van der Waals surface area (Å²) in [6.07, 6.45) is -6.04. The van der Waals surface area contributed by atoms with Crippen molar-refractivity contribution in [3.63, 3.8) is 0 Å². The molecule has 0 amide bonds. The van der Waals surface area contributed by atoms with Crippen LogP contribution in [0, 0.1) is 0 Å². The van der Waals surface area contributed by atoms with Crippen LogP contribution < -0.4 is 10.4 Å². The summed E-state index contributed by atoms with van der Waals surface area (Å²) in [5, 5.41) is 1.89. The van der Waals surface area contributed by atoms with Gasteiger partial charge in [-0.3, -0.25) is 0 Å². The molecule has 47 heavy (non-hydrogen) atoms. The van der Waals surface area contributed by atoms with Gasteiger partial charge in [0.15, 0.2) is 0 Å². The molecule has 0 bridgehead atoms. The number of carbonyl (C=O) groups excluding carboxylic acids is 1. The summed E-state index contributed by atoms with van der Waals surface area (Å²) >= 11 is 0. The number of alkyl halides is 3. The summed E-state index contributed by atoms with van der Waals surface area (Å²) in [6.45, 7) is 8.17. The van der Waals surface area contributed by atoms with Gasteiger partial charge in [0, 0.05) is 25.2 Å². The van der Waals surface area contributed by atoms with E-state index in [1.165, 1.54) is 24.3 Å². The van der Waals surface area contributed by atoms with Gasteiger partial charge in [-0.2, -0.15) is 13.2 Å². The van der Waals surface area contributed by atoms with E-state index in [0.29, 0.717) is 0 Å². The highest BCUT2D eigenvalue weighted by Gasteiger charge is 2.64. The molecule has 0 aromatic heterocycles. The van der Waals surface area contributed by atoms with Crippen molar-refractivity contribution in [1.82, 2.24) is 0 Å². The zero-order valence-electron chi connectivity index (χ0n) is 27.5. The van der Waals surface area contributed by atoms with E-state index < -0.39 is 44.9 Å². The van der Waals surface area contributed by atoms with Crippen LogP contribution in [0.15, 0.2) is 121 Å². The van der Waals surface area contributed by atoms with E-state index in [1.807, 2.05) is 73.7 Å². The van der Waals surface area contributed by atoms with Gasteiger partial charge >= 0.3 is 12.1 Å². The molecule has 3 atom stereocenters. The van der Waals surface area contributed by atoms with E-state index in [9.17, 15) is 18.0 Å². The van der Waals surface area contributed by atoms with E-state index in [0.717, 1.165) is 23.0 Å². The molecule has 0 radical (unpaired) electrons. The second kappa shape index (κ2) is 15.4. The van der Waals surface area contributed by atoms with Crippen molar-refractivity contribution >= 4 is 24.7 Å². The van der Waals surface area contributed by atoms with Crippen LogP contribution >= 0.6 is 0 Å². The second-order valence-electron chi connectivity index (χ2n) is 12.6. The Morgan fingerprint density at radius 1 is 0.745 bits per heavy atom. The summed E-state index contributed by atoms with van der Waals surface area (Å²) in [5.41, 5.74) is -2.80. The van der Waals surface area contributed by atoms with Gasteiger partial charge in [0.05, 0.1) is 12.7 Å². The predicted octanol–water partition coefficient (Wildman–Crippen LogP) is 7.57. The second-order valence-corrected chi connectivity index (χ2v) is 16.8. The Labute approximate surface area is 276 Å². The topological polar surface area (TPSA) is 54.0 Å². The van der Waals surface area contributed by atoms with Crippen LogP contribution in [0.25, 0.3) is 0 Å². The molecule has 0 saturated heterocycles. The van der Waals surface area contributed by atoms with Gasteiger partial charge in [0.1, 0.15) is 6.61 Å². The third-order valence-corrected chi connectivity index (χ3v) is 13.5. The van der Waals surface area contributed by atoms with Gasteiger partial charge in [-0.25, -0.2) is 4.79 Å². The van der Waals surface area contributed by atoms with Gasteiger partial charge in [0.25, 0.3) is 13.9 Å². The molecule has 0 unspecified atom stereocenters. The molecule has 4 aromatic carbocycles. The Morgan fingerprint density at radius 3 is 1.66 bits per heavy atom. The molecule has 5 nitrogen and oxygen atoms in total. The Kier molecular flexibility index (Phi) is 11.8. The van der Waals surface area contributed by atoms with Crippen molar-refractivity contribution in [2.75, 3.05) is 13.7 Å². The number of carbonyl (C=O) groups is 1. The summed E-state index contributed by atoms with van der Waals surface area (Å²) in [5.74, 6) is -1.56. The molecule has 4 rings (SSSR count). The minimum atomic E-state index is -5.08. The van der Waals surface area contributed by atoms with Gasteiger partial charge in [0.2, 0.25) is 0 Å². The number of ether oxygens (including phenoxy) is 3. The molecule has 9 heteroatoms. The lowest BCUT2D eigenvalue weighted by Crippen LogP contribution is -2.67. The number of halogens is 3. The van der Waals surface area contributed by atoms with Crippen molar-refractivity contribution in [3.05, 3.63) is 132 Å². The minimum absolute atomic E-state index is 0.169. The molecule has 0 saturated carbocycles. The Balaban J connectivity index is 1.64. The molecule has 0 aliphatic heterocycles.